The van der Waals surface area contributed by atoms with Gasteiger partial charge in [-0.05, 0) is 19.2 Å². The number of hydrogen-bond acceptors (Lipinski definition) is 2. The topological polar surface area (TPSA) is 61.9 Å². The zero-order valence-corrected chi connectivity index (χ0v) is 7.11. The summed E-state index contributed by atoms with van der Waals surface area (Å²) >= 11 is 0. The Morgan fingerprint density at radius 3 is 2.45 bits per heavy atom. The minimum absolute atomic E-state index is 0. The van der Waals surface area contributed by atoms with Gasteiger partial charge in [-0.1, -0.05) is 12.2 Å². The molecule has 11 heavy (non-hydrogen) atoms. The molecular weight excluding hydrogens is 162 g/mol. The maximum Gasteiger partial charge on any atom is 0.121 e. The molecule has 0 spiro atoms. The molecule has 1 rings (SSSR count). The van der Waals surface area contributed by atoms with Crippen molar-refractivity contribution in [3.8, 4) is 0 Å². The second-order valence-corrected chi connectivity index (χ2v) is 2.48. The summed E-state index contributed by atoms with van der Waals surface area (Å²) in [6, 6.07) is 0. The van der Waals surface area contributed by atoms with E-state index in [1.165, 1.54) is 0 Å². The first kappa shape index (κ1) is 10.0. The van der Waals surface area contributed by atoms with Gasteiger partial charge in [0.15, 0.2) is 0 Å². The summed E-state index contributed by atoms with van der Waals surface area (Å²) in [7, 11) is 0. The molecule has 0 aromatic carbocycles. The molecule has 1 aliphatic heterocycles. The second-order valence-electron chi connectivity index (χ2n) is 2.48. The molecule has 0 saturated heterocycles. The van der Waals surface area contributed by atoms with Crippen LogP contribution in [0.2, 0.25) is 0 Å². The van der Waals surface area contributed by atoms with Gasteiger partial charge in [-0.25, -0.2) is 0 Å². The van der Waals surface area contributed by atoms with Gasteiger partial charge in [-0.2, -0.15) is 0 Å². The van der Waals surface area contributed by atoms with Crippen LogP contribution in [0.1, 0.15) is 6.92 Å². The van der Waals surface area contributed by atoms with Crippen LogP contribution in [0.15, 0.2) is 24.4 Å². The van der Waals surface area contributed by atoms with Gasteiger partial charge < -0.3 is 11.1 Å². The van der Waals surface area contributed by atoms with Gasteiger partial charge in [-0.15, -0.1) is 12.4 Å². The molecule has 0 aromatic heterocycles. The fourth-order valence-electron chi connectivity index (χ4n) is 0.740. The predicted molar refractivity (Wildman–Crippen MR) is 49.0 cm³/mol. The lowest BCUT2D eigenvalue weighted by Gasteiger charge is -2.26. The van der Waals surface area contributed by atoms with Crippen LogP contribution >= 0.6 is 12.4 Å². The van der Waals surface area contributed by atoms with Crippen molar-refractivity contribution in [1.29, 1.82) is 5.41 Å². The summed E-state index contributed by atoms with van der Waals surface area (Å²) in [6.45, 7) is 1.86. The number of halogens is 1. The van der Waals surface area contributed by atoms with Crippen molar-refractivity contribution >= 4 is 18.2 Å². The van der Waals surface area contributed by atoms with E-state index in [4.69, 9.17) is 11.1 Å². The highest BCUT2D eigenvalue weighted by Gasteiger charge is 2.23. The van der Waals surface area contributed by atoms with E-state index in [9.17, 15) is 0 Å². The smallest absolute Gasteiger partial charge is 0.121 e. The first-order valence-electron chi connectivity index (χ1n) is 3.12. The molecule has 3 nitrogen and oxygen atoms in total. The fraction of sp³-hybridized carbons (Fsp3) is 0.286. The van der Waals surface area contributed by atoms with Crippen LogP contribution in [-0.2, 0) is 0 Å². The van der Waals surface area contributed by atoms with Crippen LogP contribution in [0, 0.1) is 5.41 Å². The van der Waals surface area contributed by atoms with Crippen molar-refractivity contribution < 1.29 is 0 Å². The zero-order chi connectivity index (χ0) is 7.61. The molecule has 1 heterocycles. The Hall–Kier alpha value is -0.960. The van der Waals surface area contributed by atoms with Crippen molar-refractivity contribution in [2.75, 3.05) is 0 Å². The van der Waals surface area contributed by atoms with E-state index in [0.717, 1.165) is 0 Å². The number of dihydropyridines is 1. The van der Waals surface area contributed by atoms with Gasteiger partial charge in [0, 0.05) is 0 Å². The van der Waals surface area contributed by atoms with Gasteiger partial charge in [0.25, 0.3) is 0 Å². The molecular formula is C7H12ClN3. The van der Waals surface area contributed by atoms with E-state index in [1.54, 1.807) is 6.20 Å². The molecule has 0 aliphatic carbocycles. The van der Waals surface area contributed by atoms with E-state index in [-0.39, 0.29) is 18.2 Å². The Balaban J connectivity index is 0.000001000. The van der Waals surface area contributed by atoms with E-state index >= 15 is 0 Å². The Morgan fingerprint density at radius 2 is 2.18 bits per heavy atom. The predicted octanol–water partition coefficient (Wildman–Crippen LogP) is 0.776. The van der Waals surface area contributed by atoms with Crippen LogP contribution in [0.5, 0.6) is 0 Å². The Kier molecular flexibility index (Phi) is 3.14. The number of nitrogens with one attached hydrogen (secondary N) is 2. The SMILES string of the molecule is CC1(C(=N)N)C=CC=CN1.Cl. The fourth-order valence-corrected chi connectivity index (χ4v) is 0.740. The lowest BCUT2D eigenvalue weighted by molar-refractivity contribution is 0.640. The molecule has 62 valence electrons. The molecule has 0 radical (unpaired) electrons. The first-order valence-corrected chi connectivity index (χ1v) is 3.12. The van der Waals surface area contributed by atoms with Gasteiger partial charge in [0.05, 0.1) is 0 Å². The van der Waals surface area contributed by atoms with Gasteiger partial charge in [0.1, 0.15) is 11.4 Å². The van der Waals surface area contributed by atoms with Gasteiger partial charge >= 0.3 is 0 Å². The van der Waals surface area contributed by atoms with E-state index in [1.807, 2.05) is 25.2 Å². The molecule has 1 atom stereocenters. The Morgan fingerprint density at radius 1 is 1.55 bits per heavy atom. The highest BCUT2D eigenvalue weighted by molar-refractivity contribution is 5.89. The standard InChI is InChI=1S/C7H11N3.ClH/c1-7(6(8)9)4-2-3-5-10-7;/h2-5,10H,1H3,(H3,8,9);1H. The highest BCUT2D eigenvalue weighted by Crippen LogP contribution is 2.08. The summed E-state index contributed by atoms with van der Waals surface area (Å²) in [6.07, 6.45) is 7.37. The van der Waals surface area contributed by atoms with Gasteiger partial charge in [-0.3, -0.25) is 5.41 Å². The van der Waals surface area contributed by atoms with Crippen LogP contribution in [0.3, 0.4) is 0 Å². The number of rotatable bonds is 1. The summed E-state index contributed by atoms with van der Waals surface area (Å²) in [5, 5.41) is 10.2. The highest BCUT2D eigenvalue weighted by atomic mass is 35.5. The zero-order valence-electron chi connectivity index (χ0n) is 6.29. The summed E-state index contributed by atoms with van der Waals surface area (Å²) in [5.74, 6) is 0.133. The minimum atomic E-state index is -0.477. The van der Waals surface area contributed by atoms with Crippen molar-refractivity contribution in [3.63, 3.8) is 0 Å². The van der Waals surface area contributed by atoms with E-state index < -0.39 is 5.54 Å². The van der Waals surface area contributed by atoms with Crippen molar-refractivity contribution in [2.45, 2.75) is 12.5 Å². The maximum absolute atomic E-state index is 7.22. The molecule has 1 aliphatic rings. The lowest BCUT2D eigenvalue weighted by atomic mass is 9.99. The van der Waals surface area contributed by atoms with Crippen molar-refractivity contribution in [1.82, 2.24) is 5.32 Å². The monoisotopic (exact) mass is 173 g/mol. The summed E-state index contributed by atoms with van der Waals surface area (Å²) in [4.78, 5) is 0. The van der Waals surface area contributed by atoms with Crippen LogP contribution in [0.25, 0.3) is 0 Å². The third-order valence-electron chi connectivity index (χ3n) is 1.58. The third kappa shape index (κ3) is 1.98. The van der Waals surface area contributed by atoms with Gasteiger partial charge in [0.2, 0.25) is 0 Å². The Bertz CT molecular complexity index is 210. The molecule has 0 saturated carbocycles. The minimum Gasteiger partial charge on any atom is -0.385 e. The number of allylic oxidation sites excluding steroid dienone is 2. The third-order valence-corrected chi connectivity index (χ3v) is 1.58. The van der Waals surface area contributed by atoms with Crippen LogP contribution in [0.4, 0.5) is 0 Å². The quantitative estimate of drug-likeness (QED) is 0.405. The molecule has 0 amide bonds. The maximum atomic E-state index is 7.22. The molecule has 1 unspecified atom stereocenters. The van der Waals surface area contributed by atoms with Crippen LogP contribution < -0.4 is 11.1 Å². The number of nitrogens with two attached hydrogens (primary N) is 1. The molecule has 0 fully saturated rings. The van der Waals surface area contributed by atoms with Crippen molar-refractivity contribution in [3.05, 3.63) is 24.4 Å². The summed E-state index contributed by atoms with van der Waals surface area (Å²) in [5.41, 5.74) is 4.86. The summed E-state index contributed by atoms with van der Waals surface area (Å²) < 4.78 is 0. The normalized spacial score (nSPS) is 27.0. The number of hydrogen-bond donors (Lipinski definition) is 3. The average molecular weight is 174 g/mol. The average Bonchev–Trinajstić information content (AvgIpc) is 1.89. The van der Waals surface area contributed by atoms with E-state index in [0.29, 0.717) is 0 Å². The Labute approximate surface area is 72.3 Å². The van der Waals surface area contributed by atoms with Crippen molar-refractivity contribution in [2.24, 2.45) is 5.73 Å². The largest absolute Gasteiger partial charge is 0.385 e. The van der Waals surface area contributed by atoms with Crippen LogP contribution in [-0.4, -0.2) is 11.4 Å². The lowest BCUT2D eigenvalue weighted by Crippen LogP contribution is -2.49. The first-order chi connectivity index (χ1) is 4.65. The number of amidine groups is 1. The molecule has 0 aromatic rings. The van der Waals surface area contributed by atoms with E-state index in [2.05, 4.69) is 5.32 Å². The molecule has 4 N–H and O–H groups in total. The second kappa shape index (κ2) is 3.44. The molecule has 0 bridgehead atoms. The molecule has 4 heteroatoms.